The summed E-state index contributed by atoms with van der Waals surface area (Å²) in [5, 5.41) is 0. The van der Waals surface area contributed by atoms with Crippen molar-refractivity contribution >= 4 is 24.0 Å². The van der Waals surface area contributed by atoms with Crippen molar-refractivity contribution in [2.45, 2.75) is 52.4 Å². The molecule has 0 heterocycles. The first kappa shape index (κ1) is 28.9. The van der Waals surface area contributed by atoms with Crippen LogP contribution in [0, 0.1) is 0 Å². The summed E-state index contributed by atoms with van der Waals surface area (Å²) in [4.78, 5) is 51.0. The molecule has 0 bridgehead atoms. The van der Waals surface area contributed by atoms with Crippen LogP contribution in [0.25, 0.3) is 0 Å². The lowest BCUT2D eigenvalue weighted by atomic mass is 10.1. The van der Waals surface area contributed by atoms with Gasteiger partial charge in [0, 0.05) is 13.6 Å². The second kappa shape index (κ2) is 12.9. The van der Waals surface area contributed by atoms with E-state index in [0.717, 1.165) is 10.5 Å². The number of amides is 1. The molecule has 0 unspecified atom stereocenters. The van der Waals surface area contributed by atoms with Gasteiger partial charge in [0.2, 0.25) is 5.60 Å². The van der Waals surface area contributed by atoms with Crippen LogP contribution in [0.2, 0.25) is 0 Å². The molecule has 10 nitrogen and oxygen atoms in total. The average molecular weight is 481 g/mol. The van der Waals surface area contributed by atoms with Crippen LogP contribution < -0.4 is 0 Å². The zero-order chi connectivity index (χ0) is 25.9. The Morgan fingerprint density at radius 1 is 0.824 bits per heavy atom. The van der Waals surface area contributed by atoms with Gasteiger partial charge in [-0.05, 0) is 47.2 Å². The van der Waals surface area contributed by atoms with Crippen LogP contribution in [-0.2, 0) is 39.9 Å². The maximum absolute atomic E-state index is 12.2. The van der Waals surface area contributed by atoms with Gasteiger partial charge in [-0.1, -0.05) is 30.3 Å². The van der Waals surface area contributed by atoms with Crippen LogP contribution >= 0.6 is 0 Å². The molecule has 0 N–H and O–H groups in total. The summed E-state index contributed by atoms with van der Waals surface area (Å²) >= 11 is 0. The summed E-state index contributed by atoms with van der Waals surface area (Å²) in [5.74, 6) is -1.87. The van der Waals surface area contributed by atoms with Crippen molar-refractivity contribution in [3.05, 3.63) is 35.9 Å². The fraction of sp³-hybridized carbons (Fsp3) is 0.583. The third kappa shape index (κ3) is 11.6. The van der Waals surface area contributed by atoms with Crippen LogP contribution in [0.15, 0.2) is 30.3 Å². The van der Waals surface area contributed by atoms with E-state index in [-0.39, 0.29) is 32.8 Å². The molecule has 10 heteroatoms. The number of likely N-dealkylation sites (N-methyl/N-ethyl adjacent to an activating group) is 2. The lowest BCUT2D eigenvalue weighted by Crippen LogP contribution is -2.44. The van der Waals surface area contributed by atoms with Crippen LogP contribution in [-0.4, -0.2) is 85.3 Å². The Morgan fingerprint density at radius 2 is 1.44 bits per heavy atom. The van der Waals surface area contributed by atoms with Gasteiger partial charge in [0.25, 0.3) is 0 Å². The molecule has 0 aliphatic carbocycles. The molecule has 0 aliphatic rings. The van der Waals surface area contributed by atoms with E-state index in [2.05, 4.69) is 0 Å². The quantitative estimate of drug-likeness (QED) is 0.348. The van der Waals surface area contributed by atoms with Gasteiger partial charge in [0.1, 0.15) is 25.4 Å². The van der Waals surface area contributed by atoms with Gasteiger partial charge in [-0.25, -0.2) is 9.59 Å². The van der Waals surface area contributed by atoms with Crippen molar-refractivity contribution < 1.29 is 38.1 Å². The van der Waals surface area contributed by atoms with E-state index in [0.29, 0.717) is 0 Å². The maximum Gasteiger partial charge on any atom is 0.410 e. The van der Waals surface area contributed by atoms with E-state index in [1.165, 1.54) is 20.9 Å². The van der Waals surface area contributed by atoms with E-state index in [1.807, 2.05) is 30.3 Å². The second-order valence-electron chi connectivity index (χ2n) is 9.34. The lowest BCUT2D eigenvalue weighted by molar-refractivity contribution is -0.186. The van der Waals surface area contributed by atoms with E-state index < -0.39 is 35.2 Å². The van der Waals surface area contributed by atoms with E-state index in [1.54, 1.807) is 32.7 Å². The molecular weight excluding hydrogens is 444 g/mol. The maximum atomic E-state index is 12.2. The first-order valence-electron chi connectivity index (χ1n) is 10.9. The number of carbonyl (C=O) groups is 4. The fourth-order valence-corrected chi connectivity index (χ4v) is 2.51. The molecule has 190 valence electrons. The van der Waals surface area contributed by atoms with E-state index in [4.69, 9.17) is 18.9 Å². The number of nitrogens with zero attached hydrogens (tertiary/aromatic N) is 2. The van der Waals surface area contributed by atoms with Crippen LogP contribution in [0.1, 0.15) is 40.2 Å². The molecule has 1 amide bonds. The van der Waals surface area contributed by atoms with Gasteiger partial charge in [-0.3, -0.25) is 14.5 Å². The standard InChI is InChI=1S/C24H36N2O8/c1-23(2,3)34-21(29)24(4,5)33-20(28)15-25(6)13-14-31-19(27)16-26(7)22(30)32-17-18-11-9-8-10-12-18/h8-12H,13-17H2,1-7H3. The predicted octanol–water partition coefficient (Wildman–Crippen LogP) is 2.39. The van der Waals surface area contributed by atoms with E-state index >= 15 is 0 Å². The highest BCUT2D eigenvalue weighted by Crippen LogP contribution is 2.17. The van der Waals surface area contributed by atoms with Crippen molar-refractivity contribution in [1.82, 2.24) is 9.80 Å². The summed E-state index contributed by atoms with van der Waals surface area (Å²) in [6.07, 6.45) is -0.645. The van der Waals surface area contributed by atoms with Crippen LogP contribution in [0.5, 0.6) is 0 Å². The largest absolute Gasteiger partial charge is 0.463 e. The molecule has 1 rings (SSSR count). The molecule has 34 heavy (non-hydrogen) atoms. The minimum absolute atomic E-state index is 0.00494. The third-order valence-electron chi connectivity index (χ3n) is 4.28. The number of hydrogen-bond donors (Lipinski definition) is 0. The molecule has 1 aromatic rings. The van der Waals surface area contributed by atoms with Crippen LogP contribution in [0.3, 0.4) is 0 Å². The van der Waals surface area contributed by atoms with Gasteiger partial charge in [-0.15, -0.1) is 0 Å². The summed E-state index contributed by atoms with van der Waals surface area (Å²) in [5.41, 5.74) is -1.30. The Balaban J connectivity index is 2.31. The molecule has 0 aliphatic heterocycles. The lowest BCUT2D eigenvalue weighted by Gasteiger charge is -2.29. The van der Waals surface area contributed by atoms with Crippen molar-refractivity contribution in [2.24, 2.45) is 0 Å². The first-order valence-corrected chi connectivity index (χ1v) is 10.9. The topological polar surface area (TPSA) is 112 Å². The van der Waals surface area contributed by atoms with E-state index in [9.17, 15) is 19.2 Å². The number of rotatable bonds is 11. The van der Waals surface area contributed by atoms with Crippen molar-refractivity contribution in [2.75, 3.05) is 40.3 Å². The number of hydrogen-bond acceptors (Lipinski definition) is 9. The molecule has 1 aromatic carbocycles. The van der Waals surface area contributed by atoms with Gasteiger partial charge >= 0.3 is 24.0 Å². The monoisotopic (exact) mass is 480 g/mol. The molecule has 0 atom stereocenters. The van der Waals surface area contributed by atoms with Crippen molar-refractivity contribution in [3.63, 3.8) is 0 Å². The highest BCUT2D eigenvalue weighted by molar-refractivity contribution is 5.83. The minimum atomic E-state index is -1.43. The molecule has 0 aromatic heterocycles. The smallest absolute Gasteiger partial charge is 0.410 e. The third-order valence-corrected chi connectivity index (χ3v) is 4.28. The zero-order valence-corrected chi connectivity index (χ0v) is 21.1. The average Bonchev–Trinajstić information content (AvgIpc) is 2.70. The molecule has 0 fully saturated rings. The summed E-state index contributed by atoms with van der Waals surface area (Å²) in [6.45, 7) is 8.06. The summed E-state index contributed by atoms with van der Waals surface area (Å²) < 4.78 is 20.8. The molecule has 0 radical (unpaired) electrons. The molecule has 0 saturated heterocycles. The van der Waals surface area contributed by atoms with Crippen molar-refractivity contribution in [1.29, 1.82) is 0 Å². The number of ether oxygens (including phenoxy) is 4. The highest BCUT2D eigenvalue weighted by Gasteiger charge is 2.36. The Hall–Kier alpha value is -3.14. The molecule has 0 spiro atoms. The zero-order valence-electron chi connectivity index (χ0n) is 21.1. The Kier molecular flexibility index (Phi) is 11.0. The van der Waals surface area contributed by atoms with Crippen LogP contribution in [0.4, 0.5) is 4.79 Å². The molecule has 0 saturated carbocycles. The minimum Gasteiger partial charge on any atom is -0.463 e. The summed E-state index contributed by atoms with van der Waals surface area (Å²) in [6, 6.07) is 9.18. The number of benzene rings is 1. The number of esters is 3. The van der Waals surface area contributed by atoms with Gasteiger partial charge < -0.3 is 23.8 Å². The van der Waals surface area contributed by atoms with Gasteiger partial charge in [-0.2, -0.15) is 0 Å². The summed E-state index contributed by atoms with van der Waals surface area (Å²) in [7, 11) is 3.08. The Bertz CT molecular complexity index is 833. The Morgan fingerprint density at radius 3 is 2.03 bits per heavy atom. The normalized spacial score (nSPS) is 11.5. The highest BCUT2D eigenvalue weighted by atomic mass is 16.6. The van der Waals surface area contributed by atoms with Gasteiger partial charge in [0.15, 0.2) is 0 Å². The van der Waals surface area contributed by atoms with Gasteiger partial charge in [0.05, 0.1) is 6.54 Å². The first-order chi connectivity index (χ1) is 15.7. The second-order valence-corrected chi connectivity index (χ2v) is 9.34. The SMILES string of the molecule is CN(CCOC(=O)CN(C)C(=O)OCc1ccccc1)CC(=O)OC(C)(C)C(=O)OC(C)(C)C. The number of carbonyl (C=O) groups excluding carboxylic acids is 4. The Labute approximate surface area is 201 Å². The van der Waals surface area contributed by atoms with Crippen molar-refractivity contribution in [3.8, 4) is 0 Å². The molecular formula is C24H36N2O8. The fourth-order valence-electron chi connectivity index (χ4n) is 2.51. The predicted molar refractivity (Wildman–Crippen MR) is 124 cm³/mol.